The Labute approximate surface area is 101 Å². The van der Waals surface area contributed by atoms with E-state index >= 15 is 0 Å². The number of aromatic nitrogens is 2. The molecule has 4 heteroatoms. The summed E-state index contributed by atoms with van der Waals surface area (Å²) in [7, 11) is 0. The summed E-state index contributed by atoms with van der Waals surface area (Å²) >= 11 is 0. The van der Waals surface area contributed by atoms with E-state index in [1.165, 1.54) is 0 Å². The van der Waals surface area contributed by atoms with Crippen molar-refractivity contribution in [3.8, 4) is 0 Å². The normalized spacial score (nSPS) is 12.9. The van der Waals surface area contributed by atoms with Gasteiger partial charge >= 0.3 is 0 Å². The molecule has 92 valence electrons. The van der Waals surface area contributed by atoms with Gasteiger partial charge in [0.05, 0.1) is 6.20 Å². The van der Waals surface area contributed by atoms with Gasteiger partial charge in [0.15, 0.2) is 0 Å². The van der Waals surface area contributed by atoms with Gasteiger partial charge in [0.2, 0.25) is 0 Å². The minimum Gasteiger partial charge on any atom is -0.466 e. The zero-order valence-corrected chi connectivity index (χ0v) is 10.5. The van der Waals surface area contributed by atoms with E-state index in [2.05, 4.69) is 12.0 Å². The van der Waals surface area contributed by atoms with Gasteiger partial charge in [-0.05, 0) is 26.3 Å². The number of aliphatic hydroxyl groups is 1. The molecule has 0 saturated heterocycles. The predicted molar refractivity (Wildman–Crippen MR) is 64.8 cm³/mol. The fourth-order valence-corrected chi connectivity index (χ4v) is 1.97. The summed E-state index contributed by atoms with van der Waals surface area (Å²) in [5.41, 5.74) is 1.63. The first-order valence-corrected chi connectivity index (χ1v) is 5.89. The van der Waals surface area contributed by atoms with E-state index in [0.717, 1.165) is 35.6 Å². The maximum Gasteiger partial charge on any atom is 0.110 e. The zero-order chi connectivity index (χ0) is 12.4. The number of nitrogens with zero attached hydrogens (tertiary/aromatic N) is 2. The van der Waals surface area contributed by atoms with Crippen LogP contribution in [0.2, 0.25) is 0 Å². The molecule has 17 heavy (non-hydrogen) atoms. The Morgan fingerprint density at radius 1 is 1.47 bits per heavy atom. The number of aliphatic hydroxyl groups excluding tert-OH is 1. The van der Waals surface area contributed by atoms with Crippen molar-refractivity contribution >= 4 is 0 Å². The van der Waals surface area contributed by atoms with Crippen molar-refractivity contribution in [2.45, 2.75) is 39.8 Å². The predicted octanol–water partition coefficient (Wildman–Crippen LogP) is 2.58. The number of furan rings is 1. The summed E-state index contributed by atoms with van der Waals surface area (Å²) in [5, 5.41) is 14.5. The van der Waals surface area contributed by atoms with Crippen LogP contribution in [0, 0.1) is 13.8 Å². The van der Waals surface area contributed by atoms with E-state index < -0.39 is 6.10 Å². The molecule has 0 aromatic carbocycles. The fourth-order valence-electron chi connectivity index (χ4n) is 1.97. The smallest absolute Gasteiger partial charge is 0.110 e. The molecule has 0 bridgehead atoms. The Morgan fingerprint density at radius 2 is 2.24 bits per heavy atom. The molecule has 0 aliphatic rings. The maximum atomic E-state index is 10.3. The second kappa shape index (κ2) is 4.75. The molecule has 0 aliphatic heterocycles. The number of hydrogen-bond donors (Lipinski definition) is 1. The van der Waals surface area contributed by atoms with Crippen LogP contribution in [0.25, 0.3) is 0 Å². The van der Waals surface area contributed by atoms with Gasteiger partial charge < -0.3 is 9.52 Å². The lowest BCUT2D eigenvalue weighted by Crippen LogP contribution is -1.99. The summed E-state index contributed by atoms with van der Waals surface area (Å²) < 4.78 is 7.27. The standard InChI is InChI=1S/C13H18N2O2/c1-4-5-15-8-11(7-14-15)13(16)12-6-9(2)17-10(12)3/h6-8,13,16H,4-5H2,1-3H3. The molecule has 2 rings (SSSR count). The summed E-state index contributed by atoms with van der Waals surface area (Å²) in [6.07, 6.45) is 3.97. The highest BCUT2D eigenvalue weighted by Crippen LogP contribution is 2.26. The Kier molecular flexibility index (Phi) is 3.33. The lowest BCUT2D eigenvalue weighted by atomic mass is 10.1. The van der Waals surface area contributed by atoms with Crippen LogP contribution in [0.1, 0.15) is 42.1 Å². The highest BCUT2D eigenvalue weighted by atomic mass is 16.3. The minimum absolute atomic E-state index is 0.655. The Hall–Kier alpha value is -1.55. The van der Waals surface area contributed by atoms with Crippen LogP contribution in [0.4, 0.5) is 0 Å². The third-order valence-corrected chi connectivity index (χ3v) is 2.80. The molecule has 1 unspecified atom stereocenters. The van der Waals surface area contributed by atoms with Crippen LogP contribution in [0.5, 0.6) is 0 Å². The van der Waals surface area contributed by atoms with Crippen LogP contribution in [-0.2, 0) is 6.54 Å². The van der Waals surface area contributed by atoms with E-state index in [0.29, 0.717) is 0 Å². The molecule has 4 nitrogen and oxygen atoms in total. The van der Waals surface area contributed by atoms with E-state index in [4.69, 9.17) is 4.42 Å². The first-order chi connectivity index (χ1) is 8.11. The highest BCUT2D eigenvalue weighted by molar-refractivity contribution is 5.30. The van der Waals surface area contributed by atoms with Crippen LogP contribution >= 0.6 is 0 Å². The second-order valence-electron chi connectivity index (χ2n) is 4.31. The summed E-state index contributed by atoms with van der Waals surface area (Å²) in [4.78, 5) is 0. The topological polar surface area (TPSA) is 51.2 Å². The van der Waals surface area contributed by atoms with E-state index in [-0.39, 0.29) is 0 Å². The average molecular weight is 234 g/mol. The van der Waals surface area contributed by atoms with Crippen molar-refractivity contribution in [3.05, 3.63) is 41.1 Å². The first-order valence-electron chi connectivity index (χ1n) is 5.89. The van der Waals surface area contributed by atoms with Gasteiger partial charge in [-0.3, -0.25) is 4.68 Å². The van der Waals surface area contributed by atoms with Crippen molar-refractivity contribution < 1.29 is 9.52 Å². The molecule has 0 radical (unpaired) electrons. The van der Waals surface area contributed by atoms with Crippen LogP contribution in [-0.4, -0.2) is 14.9 Å². The van der Waals surface area contributed by atoms with E-state index in [9.17, 15) is 5.11 Å². The van der Waals surface area contributed by atoms with Crippen molar-refractivity contribution in [3.63, 3.8) is 0 Å². The van der Waals surface area contributed by atoms with Crippen LogP contribution < -0.4 is 0 Å². The van der Waals surface area contributed by atoms with Gasteiger partial charge in [-0.15, -0.1) is 0 Å². The van der Waals surface area contributed by atoms with Gasteiger partial charge in [-0.25, -0.2) is 0 Å². The molecule has 0 saturated carbocycles. The largest absolute Gasteiger partial charge is 0.466 e. The molecule has 1 N–H and O–H groups in total. The van der Waals surface area contributed by atoms with Crippen molar-refractivity contribution in [1.82, 2.24) is 9.78 Å². The lowest BCUT2D eigenvalue weighted by molar-refractivity contribution is 0.218. The maximum absolute atomic E-state index is 10.3. The van der Waals surface area contributed by atoms with Crippen LogP contribution in [0.3, 0.4) is 0 Å². The van der Waals surface area contributed by atoms with Crippen molar-refractivity contribution in [2.24, 2.45) is 0 Å². The molecular weight excluding hydrogens is 216 g/mol. The molecule has 1 atom stereocenters. The molecule has 0 fully saturated rings. The monoisotopic (exact) mass is 234 g/mol. The van der Waals surface area contributed by atoms with Gasteiger partial charge in [0.25, 0.3) is 0 Å². The van der Waals surface area contributed by atoms with Gasteiger partial charge in [-0.1, -0.05) is 6.92 Å². The van der Waals surface area contributed by atoms with Gasteiger partial charge in [-0.2, -0.15) is 5.10 Å². The van der Waals surface area contributed by atoms with E-state index in [1.807, 2.05) is 30.8 Å². The van der Waals surface area contributed by atoms with Gasteiger partial charge in [0, 0.05) is 23.9 Å². The zero-order valence-electron chi connectivity index (χ0n) is 10.5. The fraction of sp³-hybridized carbons (Fsp3) is 0.462. The Balaban J connectivity index is 2.24. The average Bonchev–Trinajstić information content (AvgIpc) is 2.85. The third-order valence-electron chi connectivity index (χ3n) is 2.80. The molecule has 0 aliphatic carbocycles. The molecule has 0 spiro atoms. The number of hydrogen-bond acceptors (Lipinski definition) is 3. The Morgan fingerprint density at radius 3 is 2.82 bits per heavy atom. The molecule has 2 aromatic heterocycles. The van der Waals surface area contributed by atoms with Gasteiger partial charge in [0.1, 0.15) is 17.6 Å². The SMILES string of the molecule is CCCn1cc(C(O)c2cc(C)oc2C)cn1. The first kappa shape index (κ1) is 11.9. The molecule has 0 amide bonds. The summed E-state index contributed by atoms with van der Waals surface area (Å²) in [5.74, 6) is 1.58. The quantitative estimate of drug-likeness (QED) is 0.884. The lowest BCUT2D eigenvalue weighted by Gasteiger charge is -2.06. The summed E-state index contributed by atoms with van der Waals surface area (Å²) in [6, 6.07) is 1.87. The molecule has 2 aromatic rings. The minimum atomic E-state index is -0.655. The van der Waals surface area contributed by atoms with Crippen molar-refractivity contribution in [1.29, 1.82) is 0 Å². The molecule has 2 heterocycles. The second-order valence-corrected chi connectivity index (χ2v) is 4.31. The summed E-state index contributed by atoms with van der Waals surface area (Å²) in [6.45, 7) is 6.71. The number of aryl methyl sites for hydroxylation is 3. The third kappa shape index (κ3) is 2.42. The number of rotatable bonds is 4. The van der Waals surface area contributed by atoms with Crippen molar-refractivity contribution in [2.75, 3.05) is 0 Å². The molecular formula is C13H18N2O2. The van der Waals surface area contributed by atoms with Crippen LogP contribution in [0.15, 0.2) is 22.9 Å². The Bertz CT molecular complexity index is 499. The van der Waals surface area contributed by atoms with E-state index in [1.54, 1.807) is 6.20 Å². The highest BCUT2D eigenvalue weighted by Gasteiger charge is 2.17.